The van der Waals surface area contributed by atoms with Crippen LogP contribution in [0.25, 0.3) is 0 Å². The van der Waals surface area contributed by atoms with Crippen molar-refractivity contribution in [3.63, 3.8) is 0 Å². The van der Waals surface area contributed by atoms with Gasteiger partial charge >= 0.3 is 0 Å². The lowest BCUT2D eigenvalue weighted by Gasteiger charge is -2.32. The fourth-order valence-electron chi connectivity index (χ4n) is 2.08. The second kappa shape index (κ2) is 5.33. The number of nitrogens with zero attached hydrogens (tertiary/aromatic N) is 2. The first-order chi connectivity index (χ1) is 8.20. The molecule has 1 heterocycles. The molecule has 3 nitrogen and oxygen atoms in total. The lowest BCUT2D eigenvalue weighted by molar-refractivity contribution is 0.782. The molecule has 0 bridgehead atoms. The van der Waals surface area contributed by atoms with E-state index in [2.05, 4.69) is 30.0 Å². The van der Waals surface area contributed by atoms with E-state index in [1.54, 1.807) is 0 Å². The minimum atomic E-state index is 0.387. The molecule has 1 aromatic rings. The lowest BCUT2D eigenvalue weighted by atomic mass is 10.1. The fourth-order valence-corrected chi connectivity index (χ4v) is 3.09. The maximum absolute atomic E-state index is 8.76. The van der Waals surface area contributed by atoms with Crippen LogP contribution >= 0.6 is 11.8 Å². The van der Waals surface area contributed by atoms with Crippen LogP contribution in [0.4, 0.5) is 11.4 Å². The van der Waals surface area contributed by atoms with Crippen molar-refractivity contribution < 1.29 is 0 Å². The first kappa shape index (κ1) is 12.1. The number of anilines is 2. The van der Waals surface area contributed by atoms with Crippen molar-refractivity contribution in [3.05, 3.63) is 23.8 Å². The van der Waals surface area contributed by atoms with Crippen LogP contribution in [0.3, 0.4) is 0 Å². The molecule has 1 saturated heterocycles. The summed E-state index contributed by atoms with van der Waals surface area (Å²) in [6.45, 7) is 4.40. The van der Waals surface area contributed by atoms with Gasteiger partial charge in [0.1, 0.15) is 0 Å². The summed E-state index contributed by atoms with van der Waals surface area (Å²) in [5.74, 6) is 1.17. The molecule has 0 spiro atoms. The number of nitriles is 1. The fraction of sp³-hybridized carbons (Fsp3) is 0.462. The van der Waals surface area contributed by atoms with Crippen LogP contribution in [0.15, 0.2) is 18.2 Å². The minimum Gasteiger partial charge on any atom is -0.398 e. The molecule has 0 aliphatic carbocycles. The van der Waals surface area contributed by atoms with Gasteiger partial charge in [-0.05, 0) is 23.8 Å². The van der Waals surface area contributed by atoms with E-state index >= 15 is 0 Å². The largest absolute Gasteiger partial charge is 0.398 e. The van der Waals surface area contributed by atoms with E-state index in [1.165, 1.54) is 11.4 Å². The highest BCUT2D eigenvalue weighted by molar-refractivity contribution is 8.00. The van der Waals surface area contributed by atoms with Gasteiger partial charge in [-0.3, -0.25) is 0 Å². The molecule has 1 fully saturated rings. The summed E-state index contributed by atoms with van der Waals surface area (Å²) in [4.78, 5) is 2.38. The molecular formula is C13H17N3S. The molecule has 2 rings (SSSR count). The maximum atomic E-state index is 8.76. The van der Waals surface area contributed by atoms with Crippen molar-refractivity contribution >= 4 is 23.1 Å². The highest BCUT2D eigenvalue weighted by atomic mass is 32.2. The van der Waals surface area contributed by atoms with Gasteiger partial charge in [0.05, 0.1) is 12.5 Å². The van der Waals surface area contributed by atoms with Crippen molar-refractivity contribution in [3.8, 4) is 6.07 Å². The zero-order valence-corrected chi connectivity index (χ0v) is 10.8. The van der Waals surface area contributed by atoms with Crippen molar-refractivity contribution in [2.45, 2.75) is 18.6 Å². The Morgan fingerprint density at radius 3 is 3.12 bits per heavy atom. The van der Waals surface area contributed by atoms with Gasteiger partial charge in [-0.2, -0.15) is 17.0 Å². The SMILES string of the molecule is CC1CN(c2ccc(N)c(CC#N)c2)CCS1. The quantitative estimate of drug-likeness (QED) is 0.815. The van der Waals surface area contributed by atoms with Crippen molar-refractivity contribution in [1.82, 2.24) is 0 Å². The van der Waals surface area contributed by atoms with Gasteiger partial charge in [0.25, 0.3) is 0 Å². The summed E-state index contributed by atoms with van der Waals surface area (Å²) >= 11 is 2.02. The van der Waals surface area contributed by atoms with Crippen LogP contribution in [-0.2, 0) is 6.42 Å². The van der Waals surface area contributed by atoms with Gasteiger partial charge in [0.2, 0.25) is 0 Å². The third-order valence-electron chi connectivity index (χ3n) is 3.00. The summed E-state index contributed by atoms with van der Waals surface area (Å²) in [7, 11) is 0. The first-order valence-electron chi connectivity index (χ1n) is 5.82. The molecule has 1 aromatic carbocycles. The zero-order valence-electron chi connectivity index (χ0n) is 10.0. The molecule has 1 aliphatic rings. The smallest absolute Gasteiger partial charge is 0.0670 e. The van der Waals surface area contributed by atoms with Crippen LogP contribution in [0.2, 0.25) is 0 Å². The van der Waals surface area contributed by atoms with Crippen LogP contribution in [-0.4, -0.2) is 24.1 Å². The Balaban J connectivity index is 2.21. The van der Waals surface area contributed by atoms with Crippen molar-refractivity contribution in [1.29, 1.82) is 5.26 Å². The molecular weight excluding hydrogens is 230 g/mol. The summed E-state index contributed by atoms with van der Waals surface area (Å²) < 4.78 is 0. The molecule has 0 radical (unpaired) electrons. The van der Waals surface area contributed by atoms with E-state index in [0.29, 0.717) is 11.7 Å². The molecule has 2 N–H and O–H groups in total. The van der Waals surface area contributed by atoms with Crippen molar-refractivity contribution in [2.75, 3.05) is 29.5 Å². The van der Waals surface area contributed by atoms with E-state index in [-0.39, 0.29) is 0 Å². The Bertz CT molecular complexity index is 439. The molecule has 4 heteroatoms. The van der Waals surface area contributed by atoms with Gasteiger partial charge in [-0.1, -0.05) is 6.92 Å². The van der Waals surface area contributed by atoms with E-state index in [4.69, 9.17) is 11.0 Å². The molecule has 0 saturated carbocycles. The zero-order chi connectivity index (χ0) is 12.3. The Labute approximate surface area is 107 Å². The van der Waals surface area contributed by atoms with E-state index in [9.17, 15) is 0 Å². The summed E-state index contributed by atoms with van der Waals surface area (Å²) in [6.07, 6.45) is 0.387. The number of thioether (sulfide) groups is 1. The van der Waals surface area contributed by atoms with E-state index in [1.807, 2.05) is 17.8 Å². The van der Waals surface area contributed by atoms with Gasteiger partial charge in [0, 0.05) is 35.5 Å². The van der Waals surface area contributed by atoms with Gasteiger partial charge < -0.3 is 10.6 Å². The van der Waals surface area contributed by atoms with Gasteiger partial charge in [-0.25, -0.2) is 0 Å². The van der Waals surface area contributed by atoms with Crippen molar-refractivity contribution in [2.24, 2.45) is 0 Å². The normalized spacial score (nSPS) is 20.0. The monoisotopic (exact) mass is 247 g/mol. The Hall–Kier alpha value is -1.34. The first-order valence-corrected chi connectivity index (χ1v) is 6.87. The Morgan fingerprint density at radius 1 is 1.59 bits per heavy atom. The minimum absolute atomic E-state index is 0.387. The highest BCUT2D eigenvalue weighted by Gasteiger charge is 2.17. The summed E-state index contributed by atoms with van der Waals surface area (Å²) in [5, 5.41) is 9.43. The third-order valence-corrected chi connectivity index (χ3v) is 4.14. The molecule has 1 aliphatic heterocycles. The van der Waals surface area contributed by atoms with Crippen LogP contribution < -0.4 is 10.6 Å². The van der Waals surface area contributed by atoms with Gasteiger partial charge in [-0.15, -0.1) is 0 Å². The van der Waals surface area contributed by atoms with E-state index in [0.717, 1.165) is 24.3 Å². The second-order valence-electron chi connectivity index (χ2n) is 4.35. The molecule has 1 unspecified atom stereocenters. The average molecular weight is 247 g/mol. The summed E-state index contributed by atoms with van der Waals surface area (Å²) in [6, 6.07) is 8.18. The van der Waals surface area contributed by atoms with Crippen LogP contribution in [0.1, 0.15) is 12.5 Å². The average Bonchev–Trinajstić information content (AvgIpc) is 2.32. The molecule has 0 aromatic heterocycles. The molecule has 17 heavy (non-hydrogen) atoms. The van der Waals surface area contributed by atoms with E-state index < -0.39 is 0 Å². The Morgan fingerprint density at radius 2 is 2.41 bits per heavy atom. The van der Waals surface area contributed by atoms with Crippen LogP contribution in [0, 0.1) is 11.3 Å². The molecule has 1 atom stereocenters. The predicted molar refractivity (Wildman–Crippen MR) is 74.3 cm³/mol. The second-order valence-corrected chi connectivity index (χ2v) is 5.89. The third kappa shape index (κ3) is 2.86. The number of rotatable bonds is 2. The maximum Gasteiger partial charge on any atom is 0.0670 e. The molecule has 90 valence electrons. The summed E-state index contributed by atoms with van der Waals surface area (Å²) in [5.41, 5.74) is 8.71. The molecule has 0 amide bonds. The lowest BCUT2D eigenvalue weighted by Crippen LogP contribution is -2.36. The standard InChI is InChI=1S/C13H17N3S/c1-10-9-16(6-7-17-10)12-2-3-13(15)11(8-12)4-5-14/h2-3,8,10H,4,6-7,9,15H2,1H3. The Kier molecular flexibility index (Phi) is 3.80. The predicted octanol–water partition coefficient (Wildman–Crippen LogP) is 2.28. The number of nitrogens with two attached hydrogens (primary N) is 1. The topological polar surface area (TPSA) is 53.0 Å². The number of hydrogen-bond acceptors (Lipinski definition) is 4. The van der Waals surface area contributed by atoms with Crippen LogP contribution in [0.5, 0.6) is 0 Å². The van der Waals surface area contributed by atoms with Gasteiger partial charge in [0.15, 0.2) is 0 Å². The highest BCUT2D eigenvalue weighted by Crippen LogP contribution is 2.26. The number of nitrogen functional groups attached to an aromatic ring is 1. The number of benzene rings is 1. The number of hydrogen-bond donors (Lipinski definition) is 1.